The van der Waals surface area contributed by atoms with Gasteiger partial charge in [0.25, 0.3) is 0 Å². The normalized spacial score (nSPS) is 20.7. The van der Waals surface area contributed by atoms with Crippen LogP contribution in [0.1, 0.15) is 55.8 Å². The van der Waals surface area contributed by atoms with E-state index in [-0.39, 0.29) is 5.56 Å². The van der Waals surface area contributed by atoms with Crippen molar-refractivity contribution >= 4 is 5.69 Å². The number of halogens is 1. The minimum atomic E-state index is -0.394. The number of hydrogen-bond acceptors (Lipinski definition) is 4. The third-order valence-corrected chi connectivity index (χ3v) is 6.12. The summed E-state index contributed by atoms with van der Waals surface area (Å²) >= 11 is 0. The van der Waals surface area contributed by atoms with Crippen LogP contribution < -0.4 is 4.90 Å². The summed E-state index contributed by atoms with van der Waals surface area (Å²) in [6, 6.07) is 9.64. The van der Waals surface area contributed by atoms with Crippen LogP contribution in [-0.4, -0.2) is 23.3 Å². The molecule has 1 aromatic heterocycles. The summed E-state index contributed by atoms with van der Waals surface area (Å²) < 4.78 is 14.5. The molecule has 1 aliphatic heterocycles. The molecular weight excluding hydrogens is 339 g/mol. The lowest BCUT2D eigenvalue weighted by Gasteiger charge is -2.35. The van der Waals surface area contributed by atoms with Crippen LogP contribution in [0.2, 0.25) is 0 Å². The molecule has 1 unspecified atom stereocenters. The number of hydrogen-bond donors (Lipinski definition) is 0. The smallest absolute Gasteiger partial charge is 0.143 e. The second-order valence-electron chi connectivity index (χ2n) is 8.44. The molecule has 1 aliphatic carbocycles. The molecule has 4 nitrogen and oxygen atoms in total. The van der Waals surface area contributed by atoms with Crippen molar-refractivity contribution in [3.8, 4) is 6.07 Å². The Balaban J connectivity index is 1.52. The van der Waals surface area contributed by atoms with Crippen molar-refractivity contribution in [2.45, 2.75) is 45.4 Å². The number of benzene rings is 1. The largest absolute Gasteiger partial charge is 0.370 e. The molecule has 27 heavy (non-hydrogen) atoms. The molecule has 1 aromatic carbocycles. The van der Waals surface area contributed by atoms with Crippen molar-refractivity contribution < 1.29 is 4.39 Å². The first kappa shape index (κ1) is 17.9. The minimum absolute atomic E-state index is 0.180. The van der Waals surface area contributed by atoms with E-state index >= 15 is 0 Å². The van der Waals surface area contributed by atoms with E-state index in [4.69, 9.17) is 0 Å². The molecule has 0 bridgehead atoms. The lowest BCUT2D eigenvalue weighted by atomic mass is 9.89. The second kappa shape index (κ2) is 6.92. The first-order chi connectivity index (χ1) is 13.0. The van der Waals surface area contributed by atoms with Gasteiger partial charge in [-0.05, 0) is 66.8 Å². The van der Waals surface area contributed by atoms with E-state index in [1.807, 2.05) is 12.1 Å². The maximum Gasteiger partial charge on any atom is 0.143 e. The van der Waals surface area contributed by atoms with E-state index in [2.05, 4.69) is 41.1 Å². The van der Waals surface area contributed by atoms with Gasteiger partial charge in [0.2, 0.25) is 0 Å². The molecule has 2 heterocycles. The van der Waals surface area contributed by atoms with Crippen LogP contribution in [-0.2, 0) is 6.42 Å². The number of nitrogens with zero attached hydrogens (tertiary/aromatic N) is 4. The molecule has 1 spiro atoms. The van der Waals surface area contributed by atoms with Crippen molar-refractivity contribution in [2.75, 3.05) is 18.0 Å². The fourth-order valence-electron chi connectivity index (χ4n) is 4.61. The van der Waals surface area contributed by atoms with Crippen molar-refractivity contribution in [2.24, 2.45) is 11.3 Å². The van der Waals surface area contributed by atoms with Crippen molar-refractivity contribution in [1.82, 2.24) is 10.2 Å². The Morgan fingerprint density at radius 2 is 2.11 bits per heavy atom. The Morgan fingerprint density at radius 3 is 2.74 bits per heavy atom. The number of anilines is 1. The number of aromatic nitrogens is 2. The molecule has 0 amide bonds. The summed E-state index contributed by atoms with van der Waals surface area (Å²) in [6.07, 6.45) is 5.79. The average molecular weight is 364 g/mol. The minimum Gasteiger partial charge on any atom is -0.370 e. The predicted octanol–water partition coefficient (Wildman–Crippen LogP) is 4.46. The first-order valence-corrected chi connectivity index (χ1v) is 9.77. The van der Waals surface area contributed by atoms with Crippen molar-refractivity contribution in [3.63, 3.8) is 0 Å². The van der Waals surface area contributed by atoms with Gasteiger partial charge in [-0.3, -0.25) is 0 Å². The Morgan fingerprint density at radius 1 is 1.33 bits per heavy atom. The molecule has 0 radical (unpaired) electrons. The Bertz CT molecular complexity index is 864. The van der Waals surface area contributed by atoms with Gasteiger partial charge in [0, 0.05) is 25.2 Å². The molecule has 2 aromatic rings. The fourth-order valence-corrected chi connectivity index (χ4v) is 4.61. The van der Waals surface area contributed by atoms with E-state index in [0.717, 1.165) is 55.7 Å². The standard InChI is InChI=1S/C22H25FN4/c1-15(2)10-16-11-19(23)17(14-24)21(12-16)27-8-5-22(6-9-27)13-18(22)20-4-3-7-25-26-20/h3-4,7,11-12,15,18H,5-6,8-10,13H2,1-2H3. The van der Waals surface area contributed by atoms with Gasteiger partial charge in [0.15, 0.2) is 0 Å². The van der Waals surface area contributed by atoms with Gasteiger partial charge in [-0.15, -0.1) is 0 Å². The third-order valence-electron chi connectivity index (χ3n) is 6.12. The predicted molar refractivity (Wildman–Crippen MR) is 103 cm³/mol. The zero-order chi connectivity index (χ0) is 19.0. The quantitative estimate of drug-likeness (QED) is 0.804. The maximum atomic E-state index is 14.5. The van der Waals surface area contributed by atoms with Crippen molar-refractivity contribution in [1.29, 1.82) is 5.26 Å². The van der Waals surface area contributed by atoms with Gasteiger partial charge in [-0.1, -0.05) is 13.8 Å². The molecule has 1 saturated heterocycles. The Labute approximate surface area is 160 Å². The molecule has 0 N–H and O–H groups in total. The van der Waals surface area contributed by atoms with Crippen LogP contribution in [0.4, 0.5) is 10.1 Å². The average Bonchev–Trinajstić information content (AvgIpc) is 3.35. The SMILES string of the molecule is CC(C)Cc1cc(F)c(C#N)c(N2CCC3(CC2)CC3c2cccnn2)c1. The summed E-state index contributed by atoms with van der Waals surface area (Å²) in [4.78, 5) is 2.20. The number of piperidine rings is 1. The summed E-state index contributed by atoms with van der Waals surface area (Å²) in [7, 11) is 0. The number of nitriles is 1. The van der Waals surface area contributed by atoms with Crippen LogP contribution in [0.15, 0.2) is 30.5 Å². The van der Waals surface area contributed by atoms with Crippen LogP contribution >= 0.6 is 0 Å². The molecule has 5 heteroatoms. The molecule has 4 rings (SSSR count). The summed E-state index contributed by atoms with van der Waals surface area (Å²) in [5.74, 6) is 0.552. The molecule has 1 saturated carbocycles. The van der Waals surface area contributed by atoms with E-state index in [1.54, 1.807) is 6.20 Å². The van der Waals surface area contributed by atoms with Crippen molar-refractivity contribution in [3.05, 3.63) is 53.1 Å². The van der Waals surface area contributed by atoms with Gasteiger partial charge in [0.1, 0.15) is 17.4 Å². The van der Waals surface area contributed by atoms with Gasteiger partial charge in [-0.25, -0.2) is 4.39 Å². The maximum absolute atomic E-state index is 14.5. The first-order valence-electron chi connectivity index (χ1n) is 9.77. The van der Waals surface area contributed by atoms with Crippen LogP contribution in [0, 0.1) is 28.5 Å². The zero-order valence-electron chi connectivity index (χ0n) is 16.0. The Kier molecular flexibility index (Phi) is 4.59. The van der Waals surface area contributed by atoms with Crippen LogP contribution in [0.25, 0.3) is 0 Å². The highest BCUT2D eigenvalue weighted by atomic mass is 19.1. The molecule has 2 aliphatic rings. The Hall–Kier alpha value is -2.48. The van der Waals surface area contributed by atoms with Gasteiger partial charge < -0.3 is 4.90 Å². The van der Waals surface area contributed by atoms with Gasteiger partial charge in [-0.2, -0.15) is 15.5 Å². The molecule has 1 atom stereocenters. The van der Waals surface area contributed by atoms with E-state index in [0.29, 0.717) is 17.3 Å². The second-order valence-corrected chi connectivity index (χ2v) is 8.44. The lowest BCUT2D eigenvalue weighted by molar-refractivity contribution is 0.369. The van der Waals surface area contributed by atoms with E-state index < -0.39 is 5.82 Å². The lowest BCUT2D eigenvalue weighted by Crippen LogP contribution is -2.35. The van der Waals surface area contributed by atoms with Crippen LogP contribution in [0.3, 0.4) is 0 Å². The number of rotatable bonds is 4. The van der Waals surface area contributed by atoms with Gasteiger partial charge in [0.05, 0.1) is 11.4 Å². The molecule has 140 valence electrons. The van der Waals surface area contributed by atoms with Crippen LogP contribution in [0.5, 0.6) is 0 Å². The fraction of sp³-hybridized carbons (Fsp3) is 0.500. The van der Waals surface area contributed by atoms with E-state index in [1.165, 1.54) is 6.07 Å². The summed E-state index contributed by atoms with van der Waals surface area (Å²) in [6.45, 7) is 5.96. The monoisotopic (exact) mass is 364 g/mol. The highest BCUT2D eigenvalue weighted by Crippen LogP contribution is 2.64. The zero-order valence-corrected chi connectivity index (χ0v) is 16.0. The highest BCUT2D eigenvalue weighted by molar-refractivity contribution is 5.62. The van der Waals surface area contributed by atoms with E-state index in [9.17, 15) is 9.65 Å². The molecular formula is C22H25FN4. The molecule has 2 fully saturated rings. The highest BCUT2D eigenvalue weighted by Gasteiger charge is 2.56. The topological polar surface area (TPSA) is 52.8 Å². The van der Waals surface area contributed by atoms with Gasteiger partial charge >= 0.3 is 0 Å². The third kappa shape index (κ3) is 3.41. The summed E-state index contributed by atoms with van der Waals surface area (Å²) in [5, 5.41) is 17.8. The summed E-state index contributed by atoms with van der Waals surface area (Å²) in [5.41, 5.74) is 3.32.